The van der Waals surface area contributed by atoms with Crippen LogP contribution in [0, 0.1) is 11.8 Å². The SMILES string of the molecule is CCCCCCCCON1C(C)(C)CCC(OC(=O)C(CC(=O)O)C2CCC(C)(C)N(OCCCCCCCC)C2(C)C)C1(C)C. The number of carbonyl (C=O) groups excluding carboxylic acids is 1. The summed E-state index contributed by atoms with van der Waals surface area (Å²) in [5, 5.41) is 14.1. The number of hydroxylamine groups is 4. The first-order chi connectivity index (χ1) is 21.5. The van der Waals surface area contributed by atoms with Crippen LogP contribution in [0.25, 0.3) is 0 Å². The number of carboxylic acid groups (broad SMARTS) is 1. The van der Waals surface area contributed by atoms with E-state index in [1.165, 1.54) is 51.4 Å². The number of unbranched alkanes of at least 4 members (excludes halogenated alkanes) is 10. The number of hydrogen-bond donors (Lipinski definition) is 1. The summed E-state index contributed by atoms with van der Waals surface area (Å²) in [6.45, 7) is 22.8. The highest BCUT2D eigenvalue weighted by Gasteiger charge is 2.55. The van der Waals surface area contributed by atoms with E-state index in [1.54, 1.807) is 0 Å². The minimum atomic E-state index is -0.977. The van der Waals surface area contributed by atoms with Gasteiger partial charge in [0, 0.05) is 16.6 Å². The number of rotatable bonds is 21. The van der Waals surface area contributed by atoms with Crippen molar-refractivity contribution in [2.45, 2.75) is 207 Å². The lowest BCUT2D eigenvalue weighted by atomic mass is 9.67. The summed E-state index contributed by atoms with van der Waals surface area (Å²) in [6, 6.07) is 0. The molecule has 46 heavy (non-hydrogen) atoms. The molecule has 0 aromatic heterocycles. The summed E-state index contributed by atoms with van der Waals surface area (Å²) < 4.78 is 6.36. The molecule has 270 valence electrons. The zero-order valence-corrected chi connectivity index (χ0v) is 31.5. The minimum Gasteiger partial charge on any atom is -0.481 e. The first kappa shape index (κ1) is 41.0. The Hall–Kier alpha value is -1.22. The van der Waals surface area contributed by atoms with Crippen molar-refractivity contribution in [2.24, 2.45) is 11.8 Å². The Kier molecular flexibility index (Phi) is 16.5. The molecule has 3 unspecified atom stereocenters. The topological polar surface area (TPSA) is 88.5 Å². The Morgan fingerprint density at radius 1 is 0.674 bits per heavy atom. The van der Waals surface area contributed by atoms with Crippen molar-refractivity contribution < 1.29 is 29.1 Å². The molecule has 2 heterocycles. The van der Waals surface area contributed by atoms with E-state index in [0.29, 0.717) is 19.6 Å². The first-order valence-corrected chi connectivity index (χ1v) is 18.8. The quantitative estimate of drug-likeness (QED) is 0.0969. The van der Waals surface area contributed by atoms with E-state index in [1.807, 2.05) is 0 Å². The van der Waals surface area contributed by atoms with Gasteiger partial charge < -0.3 is 9.84 Å². The van der Waals surface area contributed by atoms with Crippen LogP contribution in [0.1, 0.15) is 178 Å². The highest BCUT2D eigenvalue weighted by atomic mass is 16.7. The van der Waals surface area contributed by atoms with Crippen LogP contribution in [-0.2, 0) is 24.0 Å². The molecule has 0 saturated carbocycles. The molecular formula is C38H72N2O6. The van der Waals surface area contributed by atoms with Gasteiger partial charge in [-0.2, -0.15) is 10.1 Å². The molecule has 0 spiro atoms. The normalized spacial score (nSPS) is 24.8. The van der Waals surface area contributed by atoms with Crippen LogP contribution in [0.3, 0.4) is 0 Å². The van der Waals surface area contributed by atoms with E-state index >= 15 is 0 Å². The zero-order chi connectivity index (χ0) is 34.6. The highest BCUT2D eigenvalue weighted by molar-refractivity contribution is 5.79. The fourth-order valence-corrected chi connectivity index (χ4v) is 8.21. The number of hydrogen-bond acceptors (Lipinski definition) is 7. The van der Waals surface area contributed by atoms with Crippen LogP contribution in [0.5, 0.6) is 0 Å². The second kappa shape index (κ2) is 18.5. The van der Waals surface area contributed by atoms with E-state index in [0.717, 1.165) is 44.9 Å². The maximum Gasteiger partial charge on any atom is 0.310 e. The molecule has 1 N–H and O–H groups in total. The standard InChI is InChI=1S/C38H72N2O6/c1-11-13-15-17-19-21-27-44-39-35(3,4)25-23-31(37(39,7)8)30(29-33(41)42)34(43)46-32-24-26-36(5,6)40(38(32,9)10)45-28-22-20-18-16-14-12-2/h30-32H,11-29H2,1-10H3,(H,41,42). The van der Waals surface area contributed by atoms with Crippen molar-refractivity contribution in [2.75, 3.05) is 13.2 Å². The molecule has 0 radical (unpaired) electrons. The molecule has 3 atom stereocenters. The molecule has 2 saturated heterocycles. The maximum absolute atomic E-state index is 14.1. The third kappa shape index (κ3) is 11.4. The third-order valence-electron chi connectivity index (χ3n) is 10.8. The van der Waals surface area contributed by atoms with Crippen molar-refractivity contribution >= 4 is 11.9 Å². The smallest absolute Gasteiger partial charge is 0.310 e. The lowest BCUT2D eigenvalue weighted by Crippen LogP contribution is -2.66. The van der Waals surface area contributed by atoms with Crippen LogP contribution in [0.4, 0.5) is 0 Å². The Balaban J connectivity index is 2.15. The third-order valence-corrected chi connectivity index (χ3v) is 10.8. The minimum absolute atomic E-state index is 0.208. The Labute approximate surface area is 282 Å². The Morgan fingerprint density at radius 2 is 1.11 bits per heavy atom. The van der Waals surface area contributed by atoms with E-state index in [4.69, 9.17) is 14.4 Å². The zero-order valence-electron chi connectivity index (χ0n) is 31.5. The second-order valence-corrected chi connectivity index (χ2v) is 16.5. The summed E-state index contributed by atoms with van der Waals surface area (Å²) in [5.74, 6) is -2.39. The van der Waals surface area contributed by atoms with Gasteiger partial charge in [-0.25, -0.2) is 0 Å². The summed E-state index contributed by atoms with van der Waals surface area (Å²) in [4.78, 5) is 39.3. The number of esters is 1. The van der Waals surface area contributed by atoms with E-state index in [9.17, 15) is 14.7 Å². The molecule has 0 aromatic carbocycles. The van der Waals surface area contributed by atoms with E-state index in [-0.39, 0.29) is 23.4 Å². The number of carboxylic acids is 1. The van der Waals surface area contributed by atoms with Crippen molar-refractivity contribution in [3.63, 3.8) is 0 Å². The van der Waals surface area contributed by atoms with Crippen molar-refractivity contribution in [1.29, 1.82) is 0 Å². The van der Waals surface area contributed by atoms with Gasteiger partial charge in [-0.05, 0) is 99.8 Å². The lowest BCUT2D eigenvalue weighted by Gasteiger charge is -2.57. The number of piperidine rings is 2. The predicted octanol–water partition coefficient (Wildman–Crippen LogP) is 9.50. The van der Waals surface area contributed by atoms with Gasteiger partial charge in [0.2, 0.25) is 0 Å². The molecule has 0 bridgehead atoms. The van der Waals surface area contributed by atoms with Gasteiger partial charge in [0.1, 0.15) is 6.10 Å². The number of carbonyl (C=O) groups is 2. The summed E-state index contributed by atoms with van der Waals surface area (Å²) in [6.07, 6.45) is 16.7. The van der Waals surface area contributed by atoms with Gasteiger partial charge in [-0.3, -0.25) is 19.3 Å². The van der Waals surface area contributed by atoms with Crippen LogP contribution in [-0.4, -0.2) is 68.6 Å². The number of nitrogens with zero attached hydrogens (tertiary/aromatic N) is 2. The molecule has 0 amide bonds. The van der Waals surface area contributed by atoms with Gasteiger partial charge in [-0.1, -0.05) is 78.1 Å². The molecule has 8 heteroatoms. The van der Waals surface area contributed by atoms with E-state index in [2.05, 4.69) is 79.4 Å². The van der Waals surface area contributed by atoms with Crippen molar-refractivity contribution in [1.82, 2.24) is 10.1 Å². The molecular weight excluding hydrogens is 580 g/mol. The molecule has 2 fully saturated rings. The fourth-order valence-electron chi connectivity index (χ4n) is 8.21. The molecule has 2 rings (SSSR count). The largest absolute Gasteiger partial charge is 0.481 e. The first-order valence-electron chi connectivity index (χ1n) is 18.8. The van der Waals surface area contributed by atoms with Crippen LogP contribution in [0.15, 0.2) is 0 Å². The average molecular weight is 653 g/mol. The van der Waals surface area contributed by atoms with Crippen molar-refractivity contribution in [3.8, 4) is 0 Å². The van der Waals surface area contributed by atoms with Crippen molar-refractivity contribution in [3.05, 3.63) is 0 Å². The summed E-state index contributed by atoms with van der Waals surface area (Å²) in [5.41, 5.74) is -1.56. The number of aliphatic carboxylic acids is 1. The lowest BCUT2D eigenvalue weighted by molar-refractivity contribution is -0.307. The molecule has 2 aliphatic heterocycles. The van der Waals surface area contributed by atoms with Gasteiger partial charge in [-0.15, -0.1) is 0 Å². The molecule has 8 nitrogen and oxygen atoms in total. The van der Waals surface area contributed by atoms with Gasteiger partial charge in [0.25, 0.3) is 0 Å². The van der Waals surface area contributed by atoms with Gasteiger partial charge in [0.05, 0.1) is 31.1 Å². The van der Waals surface area contributed by atoms with Crippen LogP contribution >= 0.6 is 0 Å². The Bertz CT molecular complexity index is 917. The predicted molar refractivity (Wildman–Crippen MR) is 186 cm³/mol. The summed E-state index contributed by atoms with van der Waals surface area (Å²) in [7, 11) is 0. The maximum atomic E-state index is 14.1. The van der Waals surface area contributed by atoms with E-state index < -0.39 is 35.0 Å². The summed E-state index contributed by atoms with van der Waals surface area (Å²) >= 11 is 0. The van der Waals surface area contributed by atoms with Gasteiger partial charge in [0.15, 0.2) is 0 Å². The van der Waals surface area contributed by atoms with Crippen LogP contribution in [0.2, 0.25) is 0 Å². The Morgan fingerprint density at radius 3 is 1.59 bits per heavy atom. The highest BCUT2D eigenvalue weighted by Crippen LogP contribution is 2.47. The number of ether oxygens (including phenoxy) is 1. The van der Waals surface area contributed by atoms with Gasteiger partial charge >= 0.3 is 11.9 Å². The van der Waals surface area contributed by atoms with Crippen LogP contribution < -0.4 is 0 Å². The molecule has 0 aliphatic carbocycles. The second-order valence-electron chi connectivity index (χ2n) is 16.5. The molecule has 2 aliphatic rings. The average Bonchev–Trinajstić information content (AvgIpc) is 2.95. The fraction of sp³-hybridized carbons (Fsp3) is 0.947. The molecule has 0 aromatic rings. The monoisotopic (exact) mass is 653 g/mol.